The molecular formula is C20H21N3O3S. The van der Waals surface area contributed by atoms with Gasteiger partial charge in [-0.1, -0.05) is 12.1 Å². The number of nitrogens with one attached hydrogen (secondary N) is 1. The lowest BCUT2D eigenvalue weighted by Crippen LogP contribution is -2.25. The first-order valence-corrected chi connectivity index (χ1v) is 9.33. The van der Waals surface area contributed by atoms with E-state index in [1.165, 1.54) is 6.08 Å². The summed E-state index contributed by atoms with van der Waals surface area (Å²) < 4.78 is 12.3. The third-order valence-corrected chi connectivity index (χ3v) is 4.78. The van der Waals surface area contributed by atoms with Crippen LogP contribution in [0.3, 0.4) is 0 Å². The van der Waals surface area contributed by atoms with Gasteiger partial charge in [-0.05, 0) is 41.3 Å². The van der Waals surface area contributed by atoms with Crippen LogP contribution in [0.25, 0.3) is 16.6 Å². The van der Waals surface area contributed by atoms with Crippen LogP contribution in [0.5, 0.6) is 11.5 Å². The maximum absolute atomic E-state index is 12.0. The average molecular weight is 383 g/mol. The van der Waals surface area contributed by atoms with Gasteiger partial charge in [0.15, 0.2) is 11.5 Å². The first-order valence-electron chi connectivity index (χ1n) is 8.45. The Morgan fingerprint density at radius 3 is 2.81 bits per heavy atom. The molecule has 27 heavy (non-hydrogen) atoms. The van der Waals surface area contributed by atoms with Crippen LogP contribution in [0.15, 0.2) is 54.1 Å². The number of nitrogens with zero attached hydrogens (tertiary/aromatic N) is 2. The molecule has 3 aromatic rings. The molecule has 6 nitrogen and oxygen atoms in total. The van der Waals surface area contributed by atoms with Gasteiger partial charge in [-0.15, -0.1) is 11.3 Å². The van der Waals surface area contributed by atoms with Gasteiger partial charge in [-0.2, -0.15) is 5.10 Å². The summed E-state index contributed by atoms with van der Waals surface area (Å²) in [7, 11) is 3.17. The minimum atomic E-state index is -0.157. The van der Waals surface area contributed by atoms with E-state index in [1.54, 1.807) is 37.7 Å². The summed E-state index contributed by atoms with van der Waals surface area (Å²) in [5.41, 5.74) is 1.81. The Morgan fingerprint density at radius 2 is 2.07 bits per heavy atom. The highest BCUT2D eigenvalue weighted by molar-refractivity contribution is 7.13. The van der Waals surface area contributed by atoms with Gasteiger partial charge < -0.3 is 14.8 Å². The molecule has 0 aliphatic carbocycles. The third kappa shape index (κ3) is 4.98. The number of aromatic nitrogens is 2. The van der Waals surface area contributed by atoms with Gasteiger partial charge in [-0.3, -0.25) is 9.48 Å². The maximum Gasteiger partial charge on any atom is 0.244 e. The maximum atomic E-state index is 12.0. The lowest BCUT2D eigenvalue weighted by Gasteiger charge is -2.07. The van der Waals surface area contributed by atoms with Gasteiger partial charge in [-0.25, -0.2) is 0 Å². The molecule has 2 heterocycles. The lowest BCUT2D eigenvalue weighted by molar-refractivity contribution is -0.116. The summed E-state index contributed by atoms with van der Waals surface area (Å²) in [4.78, 5) is 13.1. The number of amides is 1. The quantitative estimate of drug-likeness (QED) is 0.605. The summed E-state index contributed by atoms with van der Waals surface area (Å²) in [6, 6.07) is 11.5. The second-order valence-corrected chi connectivity index (χ2v) is 6.63. The Kier molecular flexibility index (Phi) is 6.27. The fourth-order valence-electron chi connectivity index (χ4n) is 2.52. The Labute approximate surface area is 162 Å². The van der Waals surface area contributed by atoms with Crippen LogP contribution < -0.4 is 14.8 Å². The molecule has 0 aliphatic rings. The number of hydrogen-bond donors (Lipinski definition) is 1. The number of carbonyl (C=O) groups is 1. The van der Waals surface area contributed by atoms with Crippen molar-refractivity contribution in [1.82, 2.24) is 15.1 Å². The highest BCUT2D eigenvalue weighted by atomic mass is 32.1. The van der Waals surface area contributed by atoms with Crippen molar-refractivity contribution in [3.05, 3.63) is 59.6 Å². The van der Waals surface area contributed by atoms with E-state index in [-0.39, 0.29) is 5.91 Å². The zero-order chi connectivity index (χ0) is 19.1. The molecule has 1 amide bonds. The Hall–Kier alpha value is -3.06. The molecule has 1 aromatic carbocycles. The van der Waals surface area contributed by atoms with Crippen LogP contribution >= 0.6 is 11.3 Å². The molecule has 140 valence electrons. The zero-order valence-corrected chi connectivity index (χ0v) is 16.0. The third-order valence-electron chi connectivity index (χ3n) is 3.89. The summed E-state index contributed by atoms with van der Waals surface area (Å²) in [6.45, 7) is 1.11. The van der Waals surface area contributed by atoms with Gasteiger partial charge in [0.25, 0.3) is 0 Å². The molecule has 3 rings (SSSR count). The minimum absolute atomic E-state index is 0.157. The summed E-state index contributed by atoms with van der Waals surface area (Å²) in [6.07, 6.45) is 5.15. The van der Waals surface area contributed by atoms with Crippen LogP contribution in [0.2, 0.25) is 0 Å². The van der Waals surface area contributed by atoms with Crippen LogP contribution in [0, 0.1) is 0 Å². The topological polar surface area (TPSA) is 65.4 Å². The second kappa shape index (κ2) is 9.05. The fraction of sp³-hybridized carbons (Fsp3) is 0.200. The van der Waals surface area contributed by atoms with E-state index < -0.39 is 0 Å². The monoisotopic (exact) mass is 383 g/mol. The van der Waals surface area contributed by atoms with Crippen LogP contribution in [0.1, 0.15) is 5.56 Å². The predicted octanol–water partition coefficient (Wildman–Crippen LogP) is 3.46. The number of hydrogen-bond acceptors (Lipinski definition) is 5. The van der Waals surface area contributed by atoms with Crippen LogP contribution in [-0.4, -0.2) is 36.5 Å². The van der Waals surface area contributed by atoms with Crippen LogP contribution in [-0.2, 0) is 11.3 Å². The standard InChI is InChI=1S/C20H21N3O3S/c1-25-17-7-5-15(14-18(17)26-2)6-8-20(24)21-10-12-23-11-9-16(22-23)19-4-3-13-27-19/h3-9,11,13-14H,10,12H2,1-2H3,(H,21,24). The van der Waals surface area contributed by atoms with Crippen molar-refractivity contribution >= 4 is 23.3 Å². The van der Waals surface area contributed by atoms with E-state index in [0.717, 1.165) is 16.1 Å². The molecule has 0 bridgehead atoms. The molecule has 0 atom stereocenters. The average Bonchev–Trinajstić information content (AvgIpc) is 3.37. The van der Waals surface area contributed by atoms with Crippen molar-refractivity contribution in [3.63, 3.8) is 0 Å². The molecule has 0 spiro atoms. The smallest absolute Gasteiger partial charge is 0.244 e. The SMILES string of the molecule is COc1ccc(C=CC(=O)NCCn2ccc(-c3cccs3)n2)cc1OC. The van der Waals surface area contributed by atoms with Crippen molar-refractivity contribution in [1.29, 1.82) is 0 Å². The van der Waals surface area contributed by atoms with Gasteiger partial charge in [0.2, 0.25) is 5.91 Å². The Bertz CT molecular complexity index is 916. The van der Waals surface area contributed by atoms with Crippen molar-refractivity contribution in [3.8, 4) is 22.1 Å². The summed E-state index contributed by atoms with van der Waals surface area (Å²) in [5.74, 6) is 1.12. The number of ether oxygens (including phenoxy) is 2. The molecule has 0 fully saturated rings. The van der Waals surface area contributed by atoms with E-state index in [1.807, 2.05) is 46.6 Å². The highest BCUT2D eigenvalue weighted by Crippen LogP contribution is 2.28. The van der Waals surface area contributed by atoms with E-state index >= 15 is 0 Å². The summed E-state index contributed by atoms with van der Waals surface area (Å²) >= 11 is 1.66. The number of thiophene rings is 1. The molecule has 0 unspecified atom stereocenters. The van der Waals surface area contributed by atoms with Gasteiger partial charge in [0.05, 0.1) is 25.6 Å². The minimum Gasteiger partial charge on any atom is -0.493 e. The van der Waals surface area contributed by atoms with E-state index in [0.29, 0.717) is 24.6 Å². The van der Waals surface area contributed by atoms with Crippen molar-refractivity contribution < 1.29 is 14.3 Å². The molecule has 7 heteroatoms. The first-order chi connectivity index (χ1) is 13.2. The van der Waals surface area contributed by atoms with Crippen molar-refractivity contribution in [2.45, 2.75) is 6.54 Å². The molecule has 0 saturated carbocycles. The fourth-order valence-corrected chi connectivity index (χ4v) is 3.21. The number of methoxy groups -OCH3 is 2. The second-order valence-electron chi connectivity index (χ2n) is 5.68. The Balaban J connectivity index is 1.49. The molecule has 0 radical (unpaired) electrons. The molecule has 0 aliphatic heterocycles. The lowest BCUT2D eigenvalue weighted by atomic mass is 10.2. The van der Waals surface area contributed by atoms with Crippen molar-refractivity contribution in [2.75, 3.05) is 20.8 Å². The largest absolute Gasteiger partial charge is 0.493 e. The Morgan fingerprint density at radius 1 is 1.22 bits per heavy atom. The highest BCUT2D eigenvalue weighted by Gasteiger charge is 2.04. The number of rotatable bonds is 8. The predicted molar refractivity (Wildman–Crippen MR) is 107 cm³/mol. The van der Waals surface area contributed by atoms with Gasteiger partial charge in [0.1, 0.15) is 5.69 Å². The van der Waals surface area contributed by atoms with Crippen LogP contribution in [0.4, 0.5) is 0 Å². The number of carbonyl (C=O) groups excluding carboxylic acids is 1. The zero-order valence-electron chi connectivity index (χ0n) is 15.2. The molecular weight excluding hydrogens is 362 g/mol. The van der Waals surface area contributed by atoms with E-state index in [2.05, 4.69) is 10.4 Å². The van der Waals surface area contributed by atoms with Crippen molar-refractivity contribution in [2.24, 2.45) is 0 Å². The number of benzene rings is 1. The summed E-state index contributed by atoms with van der Waals surface area (Å²) in [5, 5.41) is 9.39. The normalized spacial score (nSPS) is 10.9. The molecule has 1 N–H and O–H groups in total. The van der Waals surface area contributed by atoms with Gasteiger partial charge in [0, 0.05) is 18.8 Å². The molecule has 0 saturated heterocycles. The van der Waals surface area contributed by atoms with Gasteiger partial charge >= 0.3 is 0 Å². The first kappa shape index (κ1) is 18.7. The molecule has 2 aromatic heterocycles. The van der Waals surface area contributed by atoms with E-state index in [4.69, 9.17) is 9.47 Å². The van der Waals surface area contributed by atoms with E-state index in [9.17, 15) is 4.79 Å².